The van der Waals surface area contributed by atoms with E-state index in [1.165, 1.54) is 0 Å². The highest BCUT2D eigenvalue weighted by Crippen LogP contribution is 2.09. The van der Waals surface area contributed by atoms with E-state index in [0.29, 0.717) is 0 Å². The van der Waals surface area contributed by atoms with E-state index in [2.05, 4.69) is 10.6 Å². The van der Waals surface area contributed by atoms with Crippen LogP contribution >= 0.6 is 11.8 Å². The van der Waals surface area contributed by atoms with E-state index >= 15 is 0 Å². The average Bonchev–Trinajstić information content (AvgIpc) is 2.56. The number of rotatable bonds is 3. The van der Waals surface area contributed by atoms with Crippen LogP contribution in [0.1, 0.15) is 6.92 Å². The number of hydrogen-bond donors (Lipinski definition) is 3. The second-order valence-electron chi connectivity index (χ2n) is 2.86. The molecule has 1 aliphatic heterocycles. The van der Waals surface area contributed by atoms with Crippen molar-refractivity contribution in [3.63, 3.8) is 0 Å². The fourth-order valence-electron chi connectivity index (χ4n) is 0.953. The van der Waals surface area contributed by atoms with Crippen molar-refractivity contribution in [3.8, 4) is 0 Å². The summed E-state index contributed by atoms with van der Waals surface area (Å²) < 4.78 is 0. The summed E-state index contributed by atoms with van der Waals surface area (Å²) in [4.78, 5) is 11.3. The number of thioether (sulfide) groups is 1. The van der Waals surface area contributed by atoms with Crippen LogP contribution in [0.5, 0.6) is 0 Å². The Morgan fingerprint density at radius 1 is 1.92 bits per heavy atom. The van der Waals surface area contributed by atoms with Crippen molar-refractivity contribution < 1.29 is 9.90 Å². The van der Waals surface area contributed by atoms with Crippen LogP contribution in [-0.2, 0) is 4.79 Å². The molecule has 0 aromatic carbocycles. The average molecular weight is 190 g/mol. The Bertz CT molecular complexity index is 159. The summed E-state index contributed by atoms with van der Waals surface area (Å²) in [6.07, 6.45) is 0. The van der Waals surface area contributed by atoms with Gasteiger partial charge in [0.2, 0.25) is 5.91 Å². The number of nitrogens with one attached hydrogen (secondary N) is 2. The van der Waals surface area contributed by atoms with Crippen molar-refractivity contribution >= 4 is 17.7 Å². The number of aliphatic hydroxyl groups is 1. The third kappa shape index (κ3) is 2.66. The minimum absolute atomic E-state index is 0.00833. The van der Waals surface area contributed by atoms with E-state index in [1.54, 1.807) is 18.7 Å². The van der Waals surface area contributed by atoms with Gasteiger partial charge in [0.15, 0.2) is 0 Å². The Hall–Kier alpha value is -0.260. The summed E-state index contributed by atoms with van der Waals surface area (Å²) in [7, 11) is 0. The summed E-state index contributed by atoms with van der Waals surface area (Å²) in [5.41, 5.74) is 0. The van der Waals surface area contributed by atoms with Gasteiger partial charge in [-0.15, -0.1) is 11.8 Å². The smallest absolute Gasteiger partial charge is 0.238 e. The SMILES string of the molecule is CC(CO)NC(=O)C1CSCN1. The molecule has 1 aliphatic rings. The predicted octanol–water partition coefficient (Wildman–Crippen LogP) is -0.854. The lowest BCUT2D eigenvalue weighted by molar-refractivity contribution is -0.123. The van der Waals surface area contributed by atoms with Crippen LogP contribution in [0.25, 0.3) is 0 Å². The molecule has 12 heavy (non-hydrogen) atoms. The maximum atomic E-state index is 11.3. The molecule has 0 bridgehead atoms. The van der Waals surface area contributed by atoms with Crippen LogP contribution in [0.4, 0.5) is 0 Å². The van der Waals surface area contributed by atoms with Crippen molar-refractivity contribution in [1.82, 2.24) is 10.6 Å². The van der Waals surface area contributed by atoms with Gasteiger partial charge in [0.05, 0.1) is 12.6 Å². The first kappa shape index (κ1) is 9.83. The number of hydrogen-bond acceptors (Lipinski definition) is 4. The zero-order valence-corrected chi connectivity index (χ0v) is 7.86. The lowest BCUT2D eigenvalue weighted by Crippen LogP contribution is -2.46. The molecule has 1 saturated heterocycles. The molecule has 5 heteroatoms. The normalized spacial score (nSPS) is 25.3. The molecule has 0 spiro atoms. The highest BCUT2D eigenvalue weighted by molar-refractivity contribution is 7.99. The van der Waals surface area contributed by atoms with E-state index < -0.39 is 0 Å². The molecule has 3 N–H and O–H groups in total. The molecular weight excluding hydrogens is 176 g/mol. The fraction of sp³-hybridized carbons (Fsp3) is 0.857. The van der Waals surface area contributed by atoms with E-state index in [-0.39, 0.29) is 24.6 Å². The molecule has 70 valence electrons. The fourth-order valence-corrected chi connectivity index (χ4v) is 1.89. The van der Waals surface area contributed by atoms with Gasteiger partial charge in [0, 0.05) is 17.7 Å². The molecule has 1 heterocycles. The molecule has 0 aliphatic carbocycles. The van der Waals surface area contributed by atoms with Crippen molar-refractivity contribution in [2.75, 3.05) is 18.2 Å². The molecule has 0 saturated carbocycles. The van der Waals surface area contributed by atoms with Crippen LogP contribution in [0, 0.1) is 0 Å². The molecule has 2 atom stereocenters. The van der Waals surface area contributed by atoms with Gasteiger partial charge >= 0.3 is 0 Å². The zero-order valence-electron chi connectivity index (χ0n) is 7.04. The first-order chi connectivity index (χ1) is 5.74. The van der Waals surface area contributed by atoms with E-state index in [9.17, 15) is 4.79 Å². The van der Waals surface area contributed by atoms with Gasteiger partial charge in [0.1, 0.15) is 0 Å². The van der Waals surface area contributed by atoms with Crippen molar-refractivity contribution in [3.05, 3.63) is 0 Å². The number of carbonyl (C=O) groups excluding carboxylic acids is 1. The second kappa shape index (κ2) is 4.69. The van der Waals surface area contributed by atoms with E-state index in [0.717, 1.165) is 11.6 Å². The maximum absolute atomic E-state index is 11.3. The first-order valence-electron chi connectivity index (χ1n) is 3.96. The van der Waals surface area contributed by atoms with Crippen LogP contribution in [0.3, 0.4) is 0 Å². The van der Waals surface area contributed by atoms with E-state index in [4.69, 9.17) is 5.11 Å². The van der Waals surface area contributed by atoms with Gasteiger partial charge in [0.25, 0.3) is 0 Å². The van der Waals surface area contributed by atoms with Crippen LogP contribution in [0.15, 0.2) is 0 Å². The Balaban J connectivity index is 2.27. The Morgan fingerprint density at radius 2 is 2.67 bits per heavy atom. The number of carbonyl (C=O) groups is 1. The largest absolute Gasteiger partial charge is 0.394 e. The van der Waals surface area contributed by atoms with Gasteiger partial charge in [-0.25, -0.2) is 0 Å². The molecule has 0 aromatic heterocycles. The lowest BCUT2D eigenvalue weighted by atomic mass is 10.3. The van der Waals surface area contributed by atoms with Gasteiger partial charge in [-0.2, -0.15) is 0 Å². The monoisotopic (exact) mass is 190 g/mol. The van der Waals surface area contributed by atoms with Crippen molar-refractivity contribution in [2.45, 2.75) is 19.0 Å². The summed E-state index contributed by atoms with van der Waals surface area (Å²) >= 11 is 1.71. The Kier molecular flexibility index (Phi) is 3.84. The second-order valence-corrected chi connectivity index (χ2v) is 3.89. The Morgan fingerprint density at radius 3 is 3.17 bits per heavy atom. The van der Waals surface area contributed by atoms with Crippen molar-refractivity contribution in [2.24, 2.45) is 0 Å². The molecule has 0 aromatic rings. The predicted molar refractivity (Wildman–Crippen MR) is 48.9 cm³/mol. The highest BCUT2D eigenvalue weighted by atomic mass is 32.2. The highest BCUT2D eigenvalue weighted by Gasteiger charge is 2.22. The molecule has 0 radical (unpaired) electrons. The maximum Gasteiger partial charge on any atom is 0.238 e. The Labute approximate surface area is 76.1 Å². The third-order valence-corrected chi connectivity index (χ3v) is 2.64. The van der Waals surface area contributed by atoms with Gasteiger partial charge < -0.3 is 10.4 Å². The van der Waals surface area contributed by atoms with Crippen molar-refractivity contribution in [1.29, 1.82) is 0 Å². The minimum atomic E-state index is -0.148. The molecule has 2 unspecified atom stereocenters. The summed E-state index contributed by atoms with van der Waals surface area (Å²) in [6, 6.07) is -0.228. The minimum Gasteiger partial charge on any atom is -0.394 e. The third-order valence-electron chi connectivity index (χ3n) is 1.70. The van der Waals surface area contributed by atoms with E-state index in [1.807, 2.05) is 0 Å². The summed E-state index contributed by atoms with van der Waals surface area (Å²) in [6.45, 7) is 1.77. The van der Waals surface area contributed by atoms with Crippen LogP contribution in [-0.4, -0.2) is 41.3 Å². The molecular formula is C7H14N2O2S. The lowest BCUT2D eigenvalue weighted by Gasteiger charge is -2.14. The topological polar surface area (TPSA) is 61.4 Å². The van der Waals surface area contributed by atoms with Gasteiger partial charge in [-0.05, 0) is 6.92 Å². The summed E-state index contributed by atoms with van der Waals surface area (Å²) in [5.74, 6) is 1.65. The van der Waals surface area contributed by atoms with Crippen LogP contribution in [0.2, 0.25) is 0 Å². The van der Waals surface area contributed by atoms with Gasteiger partial charge in [-0.1, -0.05) is 0 Å². The zero-order chi connectivity index (χ0) is 8.97. The molecule has 1 rings (SSSR count). The standard InChI is InChI=1S/C7H14N2O2S/c1-5(2-10)9-7(11)6-3-12-4-8-6/h5-6,8,10H,2-4H2,1H3,(H,9,11). The number of aliphatic hydroxyl groups excluding tert-OH is 1. The molecule has 4 nitrogen and oxygen atoms in total. The summed E-state index contributed by atoms with van der Waals surface area (Å²) in [5, 5.41) is 14.4. The number of amides is 1. The van der Waals surface area contributed by atoms with Gasteiger partial charge in [-0.3, -0.25) is 10.1 Å². The van der Waals surface area contributed by atoms with Crippen LogP contribution < -0.4 is 10.6 Å². The molecule has 1 amide bonds. The first-order valence-corrected chi connectivity index (χ1v) is 5.12. The molecule has 1 fully saturated rings. The quantitative estimate of drug-likeness (QED) is 0.542.